The van der Waals surface area contributed by atoms with Gasteiger partial charge in [-0.1, -0.05) is 11.6 Å². The Labute approximate surface area is 110 Å². The quantitative estimate of drug-likeness (QED) is 0.899. The molecule has 92 valence electrons. The van der Waals surface area contributed by atoms with E-state index in [0.29, 0.717) is 10.6 Å². The zero-order valence-corrected chi connectivity index (χ0v) is 11.1. The topological polar surface area (TPSA) is 40.5 Å². The van der Waals surface area contributed by atoms with Gasteiger partial charge in [0.15, 0.2) is 0 Å². The molecule has 17 heavy (non-hydrogen) atoms. The van der Waals surface area contributed by atoms with E-state index in [2.05, 4.69) is 0 Å². The summed E-state index contributed by atoms with van der Waals surface area (Å²) in [7, 11) is 1.78. The highest BCUT2D eigenvalue weighted by molar-refractivity contribution is 7.99. The van der Waals surface area contributed by atoms with E-state index in [1.807, 2.05) is 11.8 Å². The summed E-state index contributed by atoms with van der Waals surface area (Å²) in [5.41, 5.74) is 0.314. The van der Waals surface area contributed by atoms with Gasteiger partial charge in [-0.15, -0.1) is 0 Å². The predicted molar refractivity (Wildman–Crippen MR) is 70.9 cm³/mol. The van der Waals surface area contributed by atoms with Crippen molar-refractivity contribution in [2.75, 3.05) is 18.6 Å². The number of rotatable bonds is 2. The van der Waals surface area contributed by atoms with Crippen molar-refractivity contribution in [1.29, 1.82) is 0 Å². The molecule has 5 heteroatoms. The minimum atomic E-state index is -0.147. The second-order valence-corrected chi connectivity index (χ2v) is 5.68. The monoisotopic (exact) mass is 271 g/mol. The lowest BCUT2D eigenvalue weighted by molar-refractivity contribution is 0.0745. The Morgan fingerprint density at radius 3 is 2.94 bits per heavy atom. The van der Waals surface area contributed by atoms with E-state index in [1.165, 1.54) is 6.07 Å². The van der Waals surface area contributed by atoms with Crippen LogP contribution in [-0.2, 0) is 0 Å². The average molecular weight is 272 g/mol. The molecule has 1 heterocycles. The summed E-state index contributed by atoms with van der Waals surface area (Å²) in [5.74, 6) is 1.86. The third-order valence-electron chi connectivity index (χ3n) is 2.96. The van der Waals surface area contributed by atoms with Crippen LogP contribution in [0.1, 0.15) is 16.8 Å². The molecule has 0 bridgehead atoms. The number of amides is 1. The van der Waals surface area contributed by atoms with E-state index in [4.69, 9.17) is 11.6 Å². The maximum absolute atomic E-state index is 12.2. The Kier molecular flexibility index (Phi) is 3.84. The van der Waals surface area contributed by atoms with Gasteiger partial charge in [-0.2, -0.15) is 11.8 Å². The van der Waals surface area contributed by atoms with Crippen LogP contribution in [0.25, 0.3) is 0 Å². The molecule has 0 aromatic heterocycles. The van der Waals surface area contributed by atoms with Crippen LogP contribution in [0.4, 0.5) is 0 Å². The molecule has 1 aromatic carbocycles. The lowest BCUT2D eigenvalue weighted by atomic mass is 10.1. The maximum atomic E-state index is 12.2. The summed E-state index contributed by atoms with van der Waals surface area (Å²) in [6, 6.07) is 4.85. The molecule has 2 rings (SSSR count). The molecule has 1 unspecified atom stereocenters. The normalized spacial score (nSPS) is 19.3. The number of thioether (sulfide) groups is 1. The van der Waals surface area contributed by atoms with Gasteiger partial charge < -0.3 is 10.0 Å². The van der Waals surface area contributed by atoms with Gasteiger partial charge in [-0.3, -0.25) is 4.79 Å². The van der Waals surface area contributed by atoms with Crippen LogP contribution in [0.15, 0.2) is 18.2 Å². The second-order valence-electron chi connectivity index (χ2n) is 4.09. The van der Waals surface area contributed by atoms with Crippen LogP contribution in [0.2, 0.25) is 5.02 Å². The van der Waals surface area contributed by atoms with E-state index in [0.717, 1.165) is 17.9 Å². The van der Waals surface area contributed by atoms with Crippen LogP contribution in [-0.4, -0.2) is 40.5 Å². The predicted octanol–water partition coefficient (Wildman–Crippen LogP) is 2.62. The van der Waals surface area contributed by atoms with Gasteiger partial charge in [0.05, 0.1) is 5.56 Å². The fraction of sp³-hybridized carbons (Fsp3) is 0.417. The zero-order valence-electron chi connectivity index (χ0n) is 9.52. The van der Waals surface area contributed by atoms with E-state index in [-0.39, 0.29) is 17.7 Å². The highest BCUT2D eigenvalue weighted by atomic mass is 35.5. The van der Waals surface area contributed by atoms with Gasteiger partial charge in [0.1, 0.15) is 5.75 Å². The van der Waals surface area contributed by atoms with Crippen molar-refractivity contribution in [3.8, 4) is 5.75 Å². The summed E-state index contributed by atoms with van der Waals surface area (Å²) in [4.78, 5) is 13.9. The van der Waals surface area contributed by atoms with Gasteiger partial charge in [-0.05, 0) is 30.4 Å². The fourth-order valence-electron chi connectivity index (χ4n) is 1.87. The number of phenolic OH excluding ortho intramolecular Hbond substituents is 1. The Morgan fingerprint density at radius 1 is 1.59 bits per heavy atom. The SMILES string of the molecule is CN(C(=O)c1ccc(Cl)cc1O)C1CCSC1. The summed E-state index contributed by atoms with van der Waals surface area (Å²) in [6.07, 6.45) is 1.02. The highest BCUT2D eigenvalue weighted by Crippen LogP contribution is 2.26. The smallest absolute Gasteiger partial charge is 0.257 e. The molecule has 0 radical (unpaired) electrons. The van der Waals surface area contributed by atoms with Gasteiger partial charge in [-0.25, -0.2) is 0 Å². The molecular weight excluding hydrogens is 258 g/mol. The van der Waals surface area contributed by atoms with Crippen LogP contribution in [0, 0.1) is 0 Å². The fourth-order valence-corrected chi connectivity index (χ4v) is 3.30. The third-order valence-corrected chi connectivity index (χ3v) is 4.34. The number of phenols is 1. The minimum Gasteiger partial charge on any atom is -0.507 e. The van der Waals surface area contributed by atoms with Crippen LogP contribution in [0.3, 0.4) is 0 Å². The van der Waals surface area contributed by atoms with Crippen molar-refractivity contribution in [3.05, 3.63) is 28.8 Å². The van der Waals surface area contributed by atoms with Gasteiger partial charge in [0.2, 0.25) is 0 Å². The molecule has 1 fully saturated rings. The summed E-state index contributed by atoms with van der Waals surface area (Å²) in [5, 5.41) is 10.1. The largest absolute Gasteiger partial charge is 0.507 e. The molecule has 1 atom stereocenters. The first-order valence-electron chi connectivity index (χ1n) is 5.43. The van der Waals surface area contributed by atoms with Gasteiger partial charge >= 0.3 is 0 Å². The molecule has 1 N–H and O–H groups in total. The molecule has 0 aliphatic carbocycles. The van der Waals surface area contributed by atoms with Crippen molar-refractivity contribution in [2.45, 2.75) is 12.5 Å². The lowest BCUT2D eigenvalue weighted by Crippen LogP contribution is -2.36. The number of carbonyl (C=O) groups is 1. The van der Waals surface area contributed by atoms with Crippen molar-refractivity contribution >= 4 is 29.3 Å². The van der Waals surface area contributed by atoms with E-state index in [1.54, 1.807) is 24.1 Å². The molecule has 1 amide bonds. The molecule has 1 saturated heterocycles. The van der Waals surface area contributed by atoms with Crippen molar-refractivity contribution in [3.63, 3.8) is 0 Å². The third kappa shape index (κ3) is 2.69. The first-order valence-corrected chi connectivity index (χ1v) is 6.96. The Bertz CT molecular complexity index is 433. The number of aromatic hydroxyl groups is 1. The summed E-state index contributed by atoms with van der Waals surface area (Å²) >= 11 is 7.59. The lowest BCUT2D eigenvalue weighted by Gasteiger charge is -2.24. The second kappa shape index (κ2) is 5.19. The summed E-state index contributed by atoms with van der Waals surface area (Å²) in [6.45, 7) is 0. The minimum absolute atomic E-state index is 0.0556. The molecular formula is C12H14ClNO2S. The van der Waals surface area contributed by atoms with Gasteiger partial charge in [0.25, 0.3) is 5.91 Å². The maximum Gasteiger partial charge on any atom is 0.257 e. The summed E-state index contributed by atoms with van der Waals surface area (Å²) < 4.78 is 0. The van der Waals surface area contributed by atoms with Crippen LogP contribution in [0.5, 0.6) is 5.75 Å². The van der Waals surface area contributed by atoms with Crippen molar-refractivity contribution in [1.82, 2.24) is 4.90 Å². The van der Waals surface area contributed by atoms with E-state index < -0.39 is 0 Å². The molecule has 1 aliphatic rings. The molecule has 0 saturated carbocycles. The molecule has 1 aliphatic heterocycles. The molecule has 0 spiro atoms. The first kappa shape index (κ1) is 12.6. The number of carbonyl (C=O) groups excluding carboxylic acids is 1. The number of nitrogens with zero attached hydrogens (tertiary/aromatic N) is 1. The molecule has 3 nitrogen and oxygen atoms in total. The van der Waals surface area contributed by atoms with E-state index in [9.17, 15) is 9.90 Å². The number of halogens is 1. The zero-order chi connectivity index (χ0) is 12.4. The first-order chi connectivity index (χ1) is 8.09. The van der Waals surface area contributed by atoms with E-state index >= 15 is 0 Å². The Balaban J connectivity index is 2.18. The number of benzene rings is 1. The van der Waals surface area contributed by atoms with Crippen molar-refractivity contribution < 1.29 is 9.90 Å². The number of hydrogen-bond acceptors (Lipinski definition) is 3. The molecule has 1 aromatic rings. The van der Waals surface area contributed by atoms with Crippen LogP contribution < -0.4 is 0 Å². The Morgan fingerprint density at radius 2 is 2.35 bits per heavy atom. The van der Waals surface area contributed by atoms with Gasteiger partial charge in [0, 0.05) is 23.9 Å². The van der Waals surface area contributed by atoms with Crippen LogP contribution >= 0.6 is 23.4 Å². The average Bonchev–Trinajstić information content (AvgIpc) is 2.80. The highest BCUT2D eigenvalue weighted by Gasteiger charge is 2.25. The standard InChI is InChI=1S/C12H14ClNO2S/c1-14(9-4-5-17-7-9)12(16)10-3-2-8(13)6-11(10)15/h2-3,6,9,15H,4-5,7H2,1H3. The Hall–Kier alpha value is -0.870. The van der Waals surface area contributed by atoms with Crippen molar-refractivity contribution in [2.24, 2.45) is 0 Å². The number of hydrogen-bond donors (Lipinski definition) is 1.